The number of urea groups is 1. The summed E-state index contributed by atoms with van der Waals surface area (Å²) in [5.74, 6) is -1.67. The van der Waals surface area contributed by atoms with Crippen LogP contribution < -0.4 is 16.0 Å². The molecular weight excluding hydrogens is 538 g/mol. The van der Waals surface area contributed by atoms with Crippen LogP contribution in [0.1, 0.15) is 59.3 Å². The summed E-state index contributed by atoms with van der Waals surface area (Å²) in [4.78, 5) is 39.6. The van der Waals surface area contributed by atoms with E-state index in [2.05, 4.69) is 29.8 Å². The molecule has 2 atom stereocenters. The highest BCUT2D eigenvalue weighted by molar-refractivity contribution is 6.10. The third-order valence-electron chi connectivity index (χ3n) is 7.74. The predicted molar refractivity (Wildman–Crippen MR) is 174 cm³/mol. The second kappa shape index (κ2) is 14.0. The number of amides is 3. The second-order valence-electron chi connectivity index (χ2n) is 11.8. The van der Waals surface area contributed by atoms with Crippen molar-refractivity contribution in [2.75, 3.05) is 10.6 Å². The fourth-order valence-electron chi connectivity index (χ4n) is 5.80. The molecule has 0 bridgehead atoms. The number of hydrogen-bond donors (Lipinski definition) is 4. The number of anilines is 2. The number of aliphatic carboxylic acids is 1. The normalized spacial score (nSPS) is 12.5. The van der Waals surface area contributed by atoms with Crippen LogP contribution in [0.3, 0.4) is 0 Å². The minimum atomic E-state index is -1.09. The zero-order valence-corrected chi connectivity index (χ0v) is 25.5. The molecule has 0 unspecified atom stereocenters. The van der Waals surface area contributed by atoms with Gasteiger partial charge in [0.1, 0.15) is 6.04 Å². The van der Waals surface area contributed by atoms with Gasteiger partial charge in [-0.15, -0.1) is 0 Å². The van der Waals surface area contributed by atoms with Crippen LogP contribution in [-0.4, -0.2) is 29.1 Å². The molecule has 0 spiro atoms. The van der Waals surface area contributed by atoms with Crippen LogP contribution in [0.2, 0.25) is 0 Å². The van der Waals surface area contributed by atoms with E-state index in [9.17, 15) is 19.5 Å². The van der Waals surface area contributed by atoms with Crippen LogP contribution in [0.15, 0.2) is 78.9 Å². The largest absolute Gasteiger partial charge is 0.480 e. The number of aryl methyl sites for hydroxylation is 4. The van der Waals surface area contributed by atoms with Gasteiger partial charge in [-0.1, -0.05) is 86.1 Å². The Hall–Kier alpha value is -4.65. The summed E-state index contributed by atoms with van der Waals surface area (Å²) in [7, 11) is 0. The van der Waals surface area contributed by atoms with Gasteiger partial charge in [0.25, 0.3) is 5.91 Å². The molecule has 0 fully saturated rings. The molecule has 0 saturated heterocycles. The Bertz CT molecular complexity index is 1590. The lowest BCUT2D eigenvalue weighted by atomic mass is 9.85. The molecule has 224 valence electrons. The van der Waals surface area contributed by atoms with Crippen molar-refractivity contribution in [1.29, 1.82) is 0 Å². The molecule has 3 amide bonds. The third-order valence-corrected chi connectivity index (χ3v) is 7.74. The van der Waals surface area contributed by atoms with E-state index in [1.807, 2.05) is 87.5 Å². The van der Waals surface area contributed by atoms with Gasteiger partial charge in [0.05, 0.1) is 11.3 Å². The Kier molecular flexibility index (Phi) is 10.2. The number of hydrogen-bond acceptors (Lipinski definition) is 3. The average Bonchev–Trinajstić information content (AvgIpc) is 2.95. The molecule has 0 aliphatic rings. The summed E-state index contributed by atoms with van der Waals surface area (Å²) in [5, 5.41) is 20.5. The van der Waals surface area contributed by atoms with Gasteiger partial charge in [0.15, 0.2) is 0 Å². The molecule has 0 saturated carbocycles. The minimum absolute atomic E-state index is 0.198. The number of carbonyl (C=O) groups excluding carboxylic acids is 2. The number of nitrogens with one attached hydrogen (secondary N) is 3. The maximum Gasteiger partial charge on any atom is 0.326 e. The van der Waals surface area contributed by atoms with Crippen molar-refractivity contribution in [2.24, 2.45) is 11.8 Å². The van der Waals surface area contributed by atoms with Gasteiger partial charge in [0.2, 0.25) is 0 Å². The van der Waals surface area contributed by atoms with E-state index in [1.165, 1.54) is 0 Å². The summed E-state index contributed by atoms with van der Waals surface area (Å²) in [6.45, 7) is 9.97. The van der Waals surface area contributed by atoms with Gasteiger partial charge in [-0.2, -0.15) is 0 Å². The zero-order chi connectivity index (χ0) is 31.1. The first-order valence-corrected chi connectivity index (χ1v) is 14.8. The van der Waals surface area contributed by atoms with Gasteiger partial charge in [-0.05, 0) is 91.5 Å². The van der Waals surface area contributed by atoms with Crippen molar-refractivity contribution >= 4 is 40.1 Å². The molecule has 7 nitrogen and oxygen atoms in total. The Morgan fingerprint density at radius 2 is 1.40 bits per heavy atom. The van der Waals surface area contributed by atoms with Crippen molar-refractivity contribution in [3.8, 4) is 0 Å². The standard InChI is InChI=1S/C36H41N3O4/c1-22(2)17-29(16-15-26-11-7-6-8-12-26)33(35(41)42)38-34(40)30-20-27-13-9-10-14-28(27)21-31(30)37-36(43)39-32-24(4)18-23(3)19-25(32)5/h6-14,18-22,29,33H,15-17H2,1-5H3,(H,38,40)(H,41,42)(H2,37,39,43)/t29-,33+/m1/s1. The van der Waals surface area contributed by atoms with Crippen molar-refractivity contribution < 1.29 is 19.5 Å². The van der Waals surface area contributed by atoms with Gasteiger partial charge in [0, 0.05) is 5.69 Å². The first-order chi connectivity index (χ1) is 20.5. The smallest absolute Gasteiger partial charge is 0.326 e. The van der Waals surface area contributed by atoms with E-state index in [-0.39, 0.29) is 17.4 Å². The Morgan fingerprint density at radius 1 is 0.791 bits per heavy atom. The average molecular weight is 580 g/mol. The Morgan fingerprint density at radius 3 is 2.00 bits per heavy atom. The summed E-state index contributed by atoms with van der Waals surface area (Å²) in [6, 6.07) is 23.3. The summed E-state index contributed by atoms with van der Waals surface area (Å²) in [6.07, 6.45) is 1.96. The Labute approximate surface area is 253 Å². The van der Waals surface area contributed by atoms with Crippen molar-refractivity contribution in [1.82, 2.24) is 5.32 Å². The van der Waals surface area contributed by atoms with Crippen LogP contribution in [-0.2, 0) is 11.2 Å². The first-order valence-electron chi connectivity index (χ1n) is 14.8. The zero-order valence-electron chi connectivity index (χ0n) is 25.5. The summed E-state index contributed by atoms with van der Waals surface area (Å²) >= 11 is 0. The van der Waals surface area contributed by atoms with Gasteiger partial charge in [-0.3, -0.25) is 4.79 Å². The van der Waals surface area contributed by atoms with E-state index in [0.29, 0.717) is 30.6 Å². The molecule has 0 aliphatic carbocycles. The number of fused-ring (bicyclic) bond motifs is 1. The van der Waals surface area contributed by atoms with E-state index in [1.54, 1.807) is 12.1 Å². The summed E-state index contributed by atoms with van der Waals surface area (Å²) in [5.41, 5.74) is 5.28. The molecule has 4 rings (SSSR count). The van der Waals surface area contributed by atoms with Crippen LogP contribution in [0.5, 0.6) is 0 Å². The lowest BCUT2D eigenvalue weighted by Crippen LogP contribution is -2.46. The highest BCUT2D eigenvalue weighted by atomic mass is 16.4. The highest BCUT2D eigenvalue weighted by Gasteiger charge is 2.31. The van der Waals surface area contributed by atoms with Gasteiger partial charge >= 0.3 is 12.0 Å². The quantitative estimate of drug-likeness (QED) is 0.145. The molecule has 0 aliphatic heterocycles. The molecular formula is C36H41N3O4. The molecule has 0 aromatic heterocycles. The second-order valence-corrected chi connectivity index (χ2v) is 11.8. The van der Waals surface area contributed by atoms with E-state index in [4.69, 9.17) is 0 Å². The number of carboxylic acid groups (broad SMARTS) is 1. The van der Waals surface area contributed by atoms with Crippen molar-refractivity contribution in [3.63, 3.8) is 0 Å². The minimum Gasteiger partial charge on any atom is -0.480 e. The number of rotatable bonds is 11. The fraction of sp³-hybridized carbons (Fsp3) is 0.306. The molecule has 4 aromatic carbocycles. The predicted octanol–water partition coefficient (Wildman–Crippen LogP) is 7.89. The van der Waals surface area contributed by atoms with Gasteiger partial charge in [-0.25, -0.2) is 9.59 Å². The fourth-order valence-corrected chi connectivity index (χ4v) is 5.80. The molecule has 4 N–H and O–H groups in total. The van der Waals surface area contributed by atoms with E-state index < -0.39 is 23.9 Å². The van der Waals surface area contributed by atoms with Crippen LogP contribution in [0, 0.1) is 32.6 Å². The molecule has 43 heavy (non-hydrogen) atoms. The van der Waals surface area contributed by atoms with Gasteiger partial charge < -0.3 is 21.1 Å². The number of carboxylic acids is 1. The number of carbonyl (C=O) groups is 3. The lowest BCUT2D eigenvalue weighted by molar-refractivity contribution is -0.141. The van der Waals surface area contributed by atoms with Crippen LogP contribution >= 0.6 is 0 Å². The van der Waals surface area contributed by atoms with Crippen molar-refractivity contribution in [2.45, 2.75) is 59.9 Å². The summed E-state index contributed by atoms with van der Waals surface area (Å²) < 4.78 is 0. The van der Waals surface area contributed by atoms with Crippen LogP contribution in [0.25, 0.3) is 10.8 Å². The number of benzene rings is 4. The maximum atomic E-state index is 13.8. The molecule has 0 heterocycles. The topological polar surface area (TPSA) is 108 Å². The first kappa shape index (κ1) is 31.3. The monoisotopic (exact) mass is 579 g/mol. The molecule has 7 heteroatoms. The molecule has 4 aromatic rings. The third kappa shape index (κ3) is 8.22. The van der Waals surface area contributed by atoms with Crippen molar-refractivity contribution in [3.05, 3.63) is 107 Å². The molecule has 0 radical (unpaired) electrons. The van der Waals surface area contributed by atoms with Crippen LogP contribution in [0.4, 0.5) is 16.2 Å². The lowest BCUT2D eigenvalue weighted by Gasteiger charge is -2.27. The van der Waals surface area contributed by atoms with E-state index in [0.717, 1.165) is 33.0 Å². The maximum absolute atomic E-state index is 13.8. The SMILES string of the molecule is Cc1cc(C)c(NC(=O)Nc2cc3ccccc3cc2C(=O)N[C@H](C(=O)O)[C@H](CCc2ccccc2)CC(C)C)c(C)c1. The Balaban J connectivity index is 1.62. The van der Waals surface area contributed by atoms with E-state index >= 15 is 0 Å². The highest BCUT2D eigenvalue weighted by Crippen LogP contribution is 2.28.